The Morgan fingerprint density at radius 3 is 2.67 bits per heavy atom. The lowest BCUT2D eigenvalue weighted by atomic mass is 10.2. The number of hydrogen-bond acceptors (Lipinski definition) is 5. The summed E-state index contributed by atoms with van der Waals surface area (Å²) in [5.41, 5.74) is 2.32. The standard InChI is InChI=1S/C16H14FN3O2S2/c1-10-8-24-16(22)20(10)7-6-14(21)19-15-18-13(9-23-15)11-2-4-12(17)5-3-11/h2-5,8-9H,6-7H2,1H3,(H,18,19,21). The van der Waals surface area contributed by atoms with Crippen LogP contribution in [0.1, 0.15) is 12.1 Å². The minimum atomic E-state index is -0.304. The van der Waals surface area contributed by atoms with Crippen molar-refractivity contribution < 1.29 is 9.18 Å². The average molecular weight is 363 g/mol. The topological polar surface area (TPSA) is 64.0 Å². The summed E-state index contributed by atoms with van der Waals surface area (Å²) < 4.78 is 14.5. The normalized spacial score (nSPS) is 10.8. The van der Waals surface area contributed by atoms with Crippen molar-refractivity contribution in [3.05, 3.63) is 56.2 Å². The molecule has 5 nitrogen and oxygen atoms in total. The summed E-state index contributed by atoms with van der Waals surface area (Å²) in [4.78, 5) is 27.9. The van der Waals surface area contributed by atoms with Gasteiger partial charge in [-0.25, -0.2) is 9.37 Å². The minimum Gasteiger partial charge on any atom is -0.303 e. The smallest absolute Gasteiger partial charge is 0.303 e. The van der Waals surface area contributed by atoms with Crippen LogP contribution in [0, 0.1) is 12.7 Å². The predicted octanol–water partition coefficient (Wildman–Crippen LogP) is 3.51. The fourth-order valence-electron chi connectivity index (χ4n) is 2.15. The van der Waals surface area contributed by atoms with Gasteiger partial charge < -0.3 is 9.88 Å². The summed E-state index contributed by atoms with van der Waals surface area (Å²) in [5, 5.41) is 6.78. The molecule has 2 heterocycles. The lowest BCUT2D eigenvalue weighted by Crippen LogP contribution is -2.20. The van der Waals surface area contributed by atoms with E-state index >= 15 is 0 Å². The Hall–Kier alpha value is -2.32. The third-order valence-electron chi connectivity index (χ3n) is 3.43. The van der Waals surface area contributed by atoms with Gasteiger partial charge in [0.2, 0.25) is 5.91 Å². The molecule has 24 heavy (non-hydrogen) atoms. The van der Waals surface area contributed by atoms with Crippen LogP contribution in [0.15, 0.2) is 39.8 Å². The number of aryl methyl sites for hydroxylation is 1. The number of carbonyl (C=O) groups is 1. The van der Waals surface area contributed by atoms with E-state index in [0.717, 1.165) is 22.6 Å². The molecular weight excluding hydrogens is 349 g/mol. The van der Waals surface area contributed by atoms with Gasteiger partial charge in [-0.15, -0.1) is 11.3 Å². The molecule has 0 spiro atoms. The molecular formula is C16H14FN3O2S2. The number of benzene rings is 1. The van der Waals surface area contributed by atoms with Gasteiger partial charge in [0.05, 0.1) is 5.69 Å². The zero-order valence-corrected chi connectivity index (χ0v) is 14.4. The number of rotatable bonds is 5. The van der Waals surface area contributed by atoms with Crippen LogP contribution >= 0.6 is 22.7 Å². The molecule has 0 fully saturated rings. The van der Waals surface area contributed by atoms with Gasteiger partial charge >= 0.3 is 4.87 Å². The first-order valence-electron chi connectivity index (χ1n) is 7.19. The number of anilines is 1. The molecule has 1 aromatic carbocycles. The highest BCUT2D eigenvalue weighted by Gasteiger charge is 2.10. The molecule has 8 heteroatoms. The Morgan fingerprint density at radius 1 is 1.25 bits per heavy atom. The number of aromatic nitrogens is 2. The molecule has 0 saturated carbocycles. The molecule has 3 rings (SSSR count). The van der Waals surface area contributed by atoms with Crippen LogP contribution < -0.4 is 10.2 Å². The van der Waals surface area contributed by atoms with Gasteiger partial charge in [0.1, 0.15) is 5.82 Å². The lowest BCUT2D eigenvalue weighted by Gasteiger charge is -2.04. The molecule has 1 N–H and O–H groups in total. The summed E-state index contributed by atoms with van der Waals surface area (Å²) in [6.45, 7) is 2.18. The monoisotopic (exact) mass is 363 g/mol. The summed E-state index contributed by atoms with van der Waals surface area (Å²) in [6.07, 6.45) is 0.197. The minimum absolute atomic E-state index is 0.0619. The van der Waals surface area contributed by atoms with Gasteiger partial charge in [0.15, 0.2) is 5.13 Å². The fourth-order valence-corrected chi connectivity index (χ4v) is 3.65. The second-order valence-electron chi connectivity index (χ2n) is 5.14. The van der Waals surface area contributed by atoms with Crippen molar-refractivity contribution in [2.24, 2.45) is 0 Å². The third kappa shape index (κ3) is 3.77. The van der Waals surface area contributed by atoms with E-state index in [1.165, 1.54) is 23.5 Å². The zero-order valence-electron chi connectivity index (χ0n) is 12.8. The Balaban J connectivity index is 1.61. The highest BCUT2D eigenvalue weighted by atomic mass is 32.1. The second-order valence-corrected chi connectivity index (χ2v) is 6.82. The van der Waals surface area contributed by atoms with Crippen molar-refractivity contribution >= 4 is 33.7 Å². The second kappa shape index (κ2) is 7.06. The first-order chi connectivity index (χ1) is 11.5. The first kappa shape index (κ1) is 16.5. The quantitative estimate of drug-likeness (QED) is 0.754. The predicted molar refractivity (Wildman–Crippen MR) is 94.1 cm³/mol. The molecule has 1 amide bonds. The third-order valence-corrected chi connectivity index (χ3v) is 5.07. The maximum Gasteiger partial charge on any atom is 0.307 e. The molecule has 0 unspecified atom stereocenters. The fraction of sp³-hybridized carbons (Fsp3) is 0.188. The van der Waals surface area contributed by atoms with Crippen LogP contribution in [0.3, 0.4) is 0 Å². The molecule has 0 radical (unpaired) electrons. The number of hydrogen-bond donors (Lipinski definition) is 1. The number of nitrogens with zero attached hydrogens (tertiary/aromatic N) is 2. The zero-order chi connectivity index (χ0) is 17.1. The van der Waals surface area contributed by atoms with E-state index in [2.05, 4.69) is 10.3 Å². The molecule has 0 saturated heterocycles. The highest BCUT2D eigenvalue weighted by Crippen LogP contribution is 2.25. The van der Waals surface area contributed by atoms with Gasteiger partial charge in [-0.3, -0.25) is 9.59 Å². The van der Waals surface area contributed by atoms with Crippen molar-refractivity contribution in [1.82, 2.24) is 9.55 Å². The molecule has 0 aliphatic heterocycles. The van der Waals surface area contributed by atoms with E-state index in [4.69, 9.17) is 0 Å². The van der Waals surface area contributed by atoms with Gasteiger partial charge in [0, 0.05) is 35.0 Å². The molecule has 0 aliphatic carbocycles. The van der Waals surface area contributed by atoms with Crippen LogP contribution in [0.5, 0.6) is 0 Å². The number of amides is 1. The van der Waals surface area contributed by atoms with Crippen LogP contribution in [0.4, 0.5) is 9.52 Å². The van der Waals surface area contributed by atoms with Crippen LogP contribution in [0.2, 0.25) is 0 Å². The van der Waals surface area contributed by atoms with E-state index in [1.807, 2.05) is 6.92 Å². The number of carbonyl (C=O) groups excluding carboxylic acids is 1. The van der Waals surface area contributed by atoms with E-state index < -0.39 is 0 Å². The van der Waals surface area contributed by atoms with E-state index in [-0.39, 0.29) is 23.0 Å². The Morgan fingerprint density at radius 2 is 2.00 bits per heavy atom. The van der Waals surface area contributed by atoms with Gasteiger partial charge in [-0.05, 0) is 31.2 Å². The summed E-state index contributed by atoms with van der Waals surface area (Å²) >= 11 is 2.43. The van der Waals surface area contributed by atoms with Crippen molar-refractivity contribution in [3.63, 3.8) is 0 Å². The number of nitrogens with one attached hydrogen (secondary N) is 1. The SMILES string of the molecule is Cc1csc(=O)n1CCC(=O)Nc1nc(-c2ccc(F)cc2)cs1. The summed E-state index contributed by atoms with van der Waals surface area (Å²) in [6, 6.07) is 6.02. The van der Waals surface area contributed by atoms with Crippen LogP contribution in [-0.4, -0.2) is 15.5 Å². The summed E-state index contributed by atoms with van der Waals surface area (Å²) in [7, 11) is 0. The lowest BCUT2D eigenvalue weighted by molar-refractivity contribution is -0.116. The first-order valence-corrected chi connectivity index (χ1v) is 8.95. The van der Waals surface area contributed by atoms with Gasteiger partial charge in [-0.2, -0.15) is 0 Å². The van der Waals surface area contributed by atoms with Gasteiger partial charge in [-0.1, -0.05) is 11.3 Å². The number of halogens is 1. The molecule has 0 bridgehead atoms. The highest BCUT2D eigenvalue weighted by molar-refractivity contribution is 7.14. The van der Waals surface area contributed by atoms with Crippen molar-refractivity contribution in [2.45, 2.75) is 19.9 Å². The van der Waals surface area contributed by atoms with Crippen molar-refractivity contribution in [1.29, 1.82) is 0 Å². The van der Waals surface area contributed by atoms with E-state index in [0.29, 0.717) is 17.4 Å². The molecule has 124 valence electrons. The largest absolute Gasteiger partial charge is 0.307 e. The Labute approximate surface area is 145 Å². The Bertz CT molecular complexity index is 912. The molecule has 2 aromatic heterocycles. The maximum absolute atomic E-state index is 12.9. The van der Waals surface area contributed by atoms with Crippen molar-refractivity contribution in [2.75, 3.05) is 5.32 Å². The van der Waals surface area contributed by atoms with E-state index in [1.54, 1.807) is 27.5 Å². The average Bonchev–Trinajstić information content (AvgIpc) is 3.14. The van der Waals surface area contributed by atoms with Crippen molar-refractivity contribution in [3.8, 4) is 11.3 Å². The Kier molecular flexibility index (Phi) is 4.86. The maximum atomic E-state index is 12.9. The van der Waals surface area contributed by atoms with Crippen LogP contribution in [-0.2, 0) is 11.3 Å². The molecule has 0 atom stereocenters. The van der Waals surface area contributed by atoms with Crippen LogP contribution in [0.25, 0.3) is 11.3 Å². The molecule has 0 aliphatic rings. The number of thiazole rings is 2. The van der Waals surface area contributed by atoms with Gasteiger partial charge in [0.25, 0.3) is 0 Å². The van der Waals surface area contributed by atoms with E-state index in [9.17, 15) is 14.0 Å². The summed E-state index contributed by atoms with van der Waals surface area (Å²) in [5.74, 6) is -0.506. The molecule has 3 aromatic rings.